The maximum absolute atomic E-state index is 13.0. The minimum absolute atomic E-state index is 0.00334. The van der Waals surface area contributed by atoms with Gasteiger partial charge in [-0.1, -0.05) is 13.8 Å². The van der Waals surface area contributed by atoms with Crippen LogP contribution in [0.4, 0.5) is 0 Å². The first kappa shape index (κ1) is 25.3. The summed E-state index contributed by atoms with van der Waals surface area (Å²) in [4.78, 5) is 41.7. The molecule has 3 rings (SSSR count). The number of methoxy groups -OCH3 is 2. The maximum atomic E-state index is 13.0. The van der Waals surface area contributed by atoms with Crippen molar-refractivity contribution in [3.63, 3.8) is 0 Å². The third kappa shape index (κ3) is 5.45. The molecule has 0 heterocycles. The lowest BCUT2D eigenvalue weighted by Crippen LogP contribution is -2.65. The van der Waals surface area contributed by atoms with Crippen molar-refractivity contribution in [1.82, 2.24) is 0 Å². The van der Waals surface area contributed by atoms with Gasteiger partial charge in [-0.15, -0.1) is 0 Å². The summed E-state index contributed by atoms with van der Waals surface area (Å²) in [5.41, 5.74) is -1.35. The number of fused-ring (bicyclic) bond motifs is 2. The molecular formula is C23H37NO7. The summed E-state index contributed by atoms with van der Waals surface area (Å²) in [5, 5.41) is 11.3. The van der Waals surface area contributed by atoms with Crippen molar-refractivity contribution < 1.29 is 33.7 Å². The van der Waals surface area contributed by atoms with E-state index in [1.807, 2.05) is 0 Å². The number of rotatable bonds is 7. The van der Waals surface area contributed by atoms with Gasteiger partial charge >= 0.3 is 17.9 Å². The molecule has 0 radical (unpaired) electrons. The van der Waals surface area contributed by atoms with Gasteiger partial charge in [0.15, 0.2) is 0 Å². The molecule has 0 aliphatic heterocycles. The number of carbonyl (C=O) groups is 3. The van der Waals surface area contributed by atoms with Gasteiger partial charge < -0.3 is 19.3 Å². The number of carbonyl (C=O) groups excluding carboxylic acids is 3. The van der Waals surface area contributed by atoms with Gasteiger partial charge in [0.1, 0.15) is 17.2 Å². The Morgan fingerprint density at radius 2 is 1.74 bits per heavy atom. The van der Waals surface area contributed by atoms with Crippen molar-refractivity contribution in [2.45, 2.75) is 84.5 Å². The Balaban J connectivity index is 2.36. The Morgan fingerprint density at radius 1 is 1.13 bits per heavy atom. The van der Waals surface area contributed by atoms with Crippen molar-refractivity contribution in [3.8, 4) is 0 Å². The summed E-state index contributed by atoms with van der Waals surface area (Å²) in [6, 6.07) is -1.05. The monoisotopic (exact) mass is 439 g/mol. The summed E-state index contributed by atoms with van der Waals surface area (Å²) >= 11 is 0. The van der Waals surface area contributed by atoms with E-state index in [0.29, 0.717) is 18.1 Å². The Kier molecular flexibility index (Phi) is 7.25. The van der Waals surface area contributed by atoms with E-state index in [4.69, 9.17) is 9.47 Å². The zero-order valence-corrected chi connectivity index (χ0v) is 20.0. The second-order valence-corrected chi connectivity index (χ2v) is 10.5. The fourth-order valence-corrected chi connectivity index (χ4v) is 4.88. The van der Waals surface area contributed by atoms with E-state index in [-0.39, 0.29) is 24.2 Å². The Labute approximate surface area is 184 Å². The standard InChI is InChI=1S/C23H37NO7/c1-21(2,3)31-20(27)15(9-13(19(26)30-8)10-18(25)29-7)24-17-12-14-11-16(22(14,4)5)23(17,6)28/h13-16,28H,9-12H2,1-8H3/t13?,14-,15+,16-,23-/m1/s1. The number of ether oxygens (including phenoxy) is 3. The molecule has 176 valence electrons. The van der Waals surface area contributed by atoms with Crippen LogP contribution >= 0.6 is 0 Å². The van der Waals surface area contributed by atoms with Gasteiger partial charge in [-0.3, -0.25) is 14.6 Å². The second-order valence-electron chi connectivity index (χ2n) is 10.5. The quantitative estimate of drug-likeness (QED) is 0.479. The third-order valence-electron chi connectivity index (χ3n) is 6.85. The van der Waals surface area contributed by atoms with E-state index >= 15 is 0 Å². The molecule has 3 saturated carbocycles. The number of nitrogens with zero attached hydrogens (tertiary/aromatic N) is 1. The van der Waals surface area contributed by atoms with E-state index in [1.165, 1.54) is 14.2 Å². The predicted octanol–water partition coefficient (Wildman–Crippen LogP) is 2.70. The van der Waals surface area contributed by atoms with Crippen molar-refractivity contribution in [1.29, 1.82) is 0 Å². The highest BCUT2D eigenvalue weighted by Crippen LogP contribution is 2.61. The lowest BCUT2D eigenvalue weighted by atomic mass is 9.44. The topological polar surface area (TPSA) is 111 Å². The number of hydrogen-bond acceptors (Lipinski definition) is 8. The van der Waals surface area contributed by atoms with Gasteiger partial charge in [-0.05, 0) is 64.2 Å². The van der Waals surface area contributed by atoms with Gasteiger partial charge in [0, 0.05) is 5.71 Å². The minimum atomic E-state index is -1.15. The highest BCUT2D eigenvalue weighted by Gasteiger charge is 2.61. The zero-order valence-electron chi connectivity index (χ0n) is 20.0. The van der Waals surface area contributed by atoms with Crippen molar-refractivity contribution in [2.24, 2.45) is 28.2 Å². The van der Waals surface area contributed by atoms with Crippen LogP contribution in [0.5, 0.6) is 0 Å². The van der Waals surface area contributed by atoms with Gasteiger partial charge in [0.25, 0.3) is 0 Å². The molecule has 0 saturated heterocycles. The number of hydrogen-bond donors (Lipinski definition) is 1. The van der Waals surface area contributed by atoms with Gasteiger partial charge in [0.2, 0.25) is 0 Å². The predicted molar refractivity (Wildman–Crippen MR) is 114 cm³/mol. The summed E-state index contributed by atoms with van der Waals surface area (Å²) in [7, 11) is 2.46. The van der Waals surface area contributed by atoms with Gasteiger partial charge in [0.05, 0.1) is 26.6 Å². The normalized spacial score (nSPS) is 30.0. The highest BCUT2D eigenvalue weighted by molar-refractivity contribution is 5.96. The minimum Gasteiger partial charge on any atom is -0.469 e. The Hall–Kier alpha value is -1.96. The number of aliphatic hydroxyl groups is 1. The van der Waals surface area contributed by atoms with Crippen LogP contribution in [0.25, 0.3) is 0 Å². The molecule has 0 spiro atoms. The first-order chi connectivity index (χ1) is 14.1. The molecule has 3 aliphatic carbocycles. The van der Waals surface area contributed by atoms with Crippen LogP contribution < -0.4 is 0 Å². The van der Waals surface area contributed by atoms with Crippen molar-refractivity contribution >= 4 is 23.6 Å². The Morgan fingerprint density at radius 3 is 2.19 bits per heavy atom. The molecular weight excluding hydrogens is 402 g/mol. The van der Waals surface area contributed by atoms with Crippen LogP contribution in [0.1, 0.15) is 67.2 Å². The van der Waals surface area contributed by atoms with Crippen LogP contribution in [0, 0.1) is 23.2 Å². The van der Waals surface area contributed by atoms with Crippen molar-refractivity contribution in [2.75, 3.05) is 14.2 Å². The van der Waals surface area contributed by atoms with Crippen LogP contribution in [0.15, 0.2) is 4.99 Å². The second kappa shape index (κ2) is 8.88. The molecule has 0 aromatic heterocycles. The fraction of sp³-hybridized carbons (Fsp3) is 0.826. The molecule has 8 nitrogen and oxygen atoms in total. The molecule has 3 fully saturated rings. The molecule has 8 heteroatoms. The lowest BCUT2D eigenvalue weighted by Gasteiger charge is -2.62. The Bertz CT molecular complexity index is 748. The van der Waals surface area contributed by atoms with Gasteiger partial charge in [-0.25, -0.2) is 4.79 Å². The number of esters is 3. The van der Waals surface area contributed by atoms with E-state index in [9.17, 15) is 19.5 Å². The highest BCUT2D eigenvalue weighted by atomic mass is 16.6. The molecule has 31 heavy (non-hydrogen) atoms. The average Bonchev–Trinajstić information content (AvgIpc) is 2.64. The average molecular weight is 440 g/mol. The van der Waals surface area contributed by atoms with E-state index in [1.54, 1.807) is 27.7 Å². The lowest BCUT2D eigenvalue weighted by molar-refractivity contribution is -0.159. The van der Waals surface area contributed by atoms with Crippen LogP contribution in [-0.2, 0) is 28.6 Å². The van der Waals surface area contributed by atoms with E-state index in [2.05, 4.69) is 23.6 Å². The smallest absolute Gasteiger partial charge is 0.331 e. The molecule has 3 aliphatic rings. The first-order valence-corrected chi connectivity index (χ1v) is 10.8. The molecule has 1 N–H and O–H groups in total. The van der Waals surface area contributed by atoms with Gasteiger partial charge in [-0.2, -0.15) is 0 Å². The maximum Gasteiger partial charge on any atom is 0.331 e. The van der Waals surface area contributed by atoms with Crippen LogP contribution in [0.2, 0.25) is 0 Å². The largest absolute Gasteiger partial charge is 0.469 e. The fourth-order valence-electron chi connectivity index (χ4n) is 4.88. The van der Waals surface area contributed by atoms with E-state index < -0.39 is 41.1 Å². The summed E-state index contributed by atoms with van der Waals surface area (Å²) in [6.07, 6.45) is 1.19. The molecule has 1 unspecified atom stereocenters. The molecule has 0 aromatic carbocycles. The molecule has 0 aromatic rings. The third-order valence-corrected chi connectivity index (χ3v) is 6.85. The zero-order chi connectivity index (χ0) is 23.8. The first-order valence-electron chi connectivity index (χ1n) is 10.8. The van der Waals surface area contributed by atoms with Crippen molar-refractivity contribution in [3.05, 3.63) is 0 Å². The summed E-state index contributed by atoms with van der Waals surface area (Å²) in [5.74, 6) is -2.31. The number of aliphatic imine (C=N–C) groups is 1. The SMILES string of the molecule is COC(=O)CC(C[C@H](N=C1C[C@H]2C[C@H](C2(C)C)[C@@]1(C)O)C(=O)OC(C)(C)C)C(=O)OC. The van der Waals surface area contributed by atoms with E-state index in [0.717, 1.165) is 6.42 Å². The van der Waals surface area contributed by atoms with Crippen LogP contribution in [0.3, 0.4) is 0 Å². The molecule has 5 atom stereocenters. The molecule has 0 amide bonds. The summed E-state index contributed by atoms with van der Waals surface area (Å²) in [6.45, 7) is 11.3. The summed E-state index contributed by atoms with van der Waals surface area (Å²) < 4.78 is 15.0. The molecule has 2 bridgehead atoms. The van der Waals surface area contributed by atoms with Crippen LogP contribution in [-0.4, -0.2) is 60.2 Å².